The number of hydrogen-bond acceptors (Lipinski definition) is 9. The summed E-state index contributed by atoms with van der Waals surface area (Å²) in [7, 11) is 4.59. The Hall–Kier alpha value is -3.80. The molecule has 4 atom stereocenters. The van der Waals surface area contributed by atoms with Crippen LogP contribution in [0.25, 0.3) is 0 Å². The lowest BCUT2D eigenvalue weighted by molar-refractivity contribution is -0.156. The number of imidazole rings is 1. The van der Waals surface area contributed by atoms with E-state index in [4.69, 9.17) is 18.9 Å². The number of methoxy groups -OCH3 is 3. The zero-order chi connectivity index (χ0) is 26.0. The molecule has 0 saturated heterocycles. The van der Waals surface area contributed by atoms with Crippen molar-refractivity contribution in [2.45, 2.75) is 37.2 Å². The van der Waals surface area contributed by atoms with Crippen LogP contribution < -0.4 is 18.9 Å². The number of fused-ring (bicyclic) bond motifs is 1. The molecular formula is C25H28N2O9. The topological polar surface area (TPSA) is 153 Å². The molecule has 0 amide bonds. The molecule has 2 aromatic carbocycles. The minimum absolute atomic E-state index is 0.0116. The number of aliphatic hydroxyl groups excluding tert-OH is 3. The average molecular weight is 501 g/mol. The molecule has 1 aliphatic heterocycles. The van der Waals surface area contributed by atoms with Crippen LogP contribution in [0.2, 0.25) is 0 Å². The number of ether oxygens (including phenoxy) is 4. The normalized spacial score (nSPS) is 20.9. The van der Waals surface area contributed by atoms with Crippen LogP contribution >= 0.6 is 0 Å². The molecule has 3 aromatic rings. The van der Waals surface area contributed by atoms with E-state index in [2.05, 4.69) is 4.98 Å². The number of aliphatic hydroxyl groups is 3. The minimum Gasteiger partial charge on any atom is -0.493 e. The van der Waals surface area contributed by atoms with E-state index in [1.54, 1.807) is 24.3 Å². The number of hydrogen-bond donors (Lipinski definition) is 4. The highest BCUT2D eigenvalue weighted by Gasteiger charge is 2.45. The molecule has 0 aliphatic carbocycles. The van der Waals surface area contributed by atoms with Gasteiger partial charge in [-0.3, -0.25) is 0 Å². The number of carboxylic acid groups (broad SMARTS) is 1. The molecule has 0 bridgehead atoms. The second-order valence-corrected chi connectivity index (χ2v) is 8.25. The van der Waals surface area contributed by atoms with E-state index < -0.39 is 30.3 Å². The van der Waals surface area contributed by atoms with E-state index in [9.17, 15) is 25.2 Å². The maximum atomic E-state index is 11.7. The zero-order valence-electron chi connectivity index (χ0n) is 20.0. The van der Waals surface area contributed by atoms with Crippen LogP contribution in [0.1, 0.15) is 29.2 Å². The smallest absolute Gasteiger partial charge is 0.329 e. The molecule has 11 heteroatoms. The first-order valence-corrected chi connectivity index (χ1v) is 11.2. The summed E-state index contributed by atoms with van der Waals surface area (Å²) in [6.45, 7) is 0. The van der Waals surface area contributed by atoms with Crippen molar-refractivity contribution in [1.82, 2.24) is 9.55 Å². The molecular weight excluding hydrogens is 472 g/mol. The van der Waals surface area contributed by atoms with Gasteiger partial charge in [-0.2, -0.15) is 0 Å². The Morgan fingerprint density at radius 3 is 2.14 bits per heavy atom. The summed E-state index contributed by atoms with van der Waals surface area (Å²) in [4.78, 5) is 16.0. The van der Waals surface area contributed by atoms with Crippen LogP contribution in [0.15, 0.2) is 42.6 Å². The molecule has 0 spiro atoms. The third-order valence-electron chi connectivity index (χ3n) is 6.13. The highest BCUT2D eigenvalue weighted by atomic mass is 16.6. The molecule has 0 unspecified atom stereocenters. The second kappa shape index (κ2) is 10.4. The lowest BCUT2D eigenvalue weighted by atomic mass is 9.96. The monoisotopic (exact) mass is 500 g/mol. The molecule has 192 valence electrons. The van der Waals surface area contributed by atoms with Crippen molar-refractivity contribution in [3.8, 4) is 28.7 Å². The van der Waals surface area contributed by atoms with E-state index in [1.165, 1.54) is 32.1 Å². The Kier molecular flexibility index (Phi) is 7.34. The Labute approximate surface area is 207 Å². The number of benzene rings is 2. The van der Waals surface area contributed by atoms with Crippen molar-refractivity contribution in [3.63, 3.8) is 0 Å². The summed E-state index contributed by atoms with van der Waals surface area (Å²) in [6, 6.07) is 9.25. The van der Waals surface area contributed by atoms with Crippen molar-refractivity contribution < 1.29 is 44.2 Å². The van der Waals surface area contributed by atoms with Gasteiger partial charge in [-0.25, -0.2) is 9.78 Å². The summed E-state index contributed by atoms with van der Waals surface area (Å²) in [5, 5.41) is 40.0. The largest absolute Gasteiger partial charge is 0.493 e. The van der Waals surface area contributed by atoms with Crippen molar-refractivity contribution >= 4 is 5.97 Å². The van der Waals surface area contributed by atoms with E-state index in [1.807, 2.05) is 12.1 Å². The molecule has 2 heterocycles. The SMILES string of the molecule is COc1cccc(OC)c1Oc1cccc(CCc2cn3c(n2)[C@H](O)[C@@H](O)[C@H](O)[C@H]3C(=O)O)c1OC. The Balaban J connectivity index is 1.60. The third kappa shape index (κ3) is 4.55. The Morgan fingerprint density at radius 2 is 1.53 bits per heavy atom. The first-order chi connectivity index (χ1) is 17.3. The number of aromatic nitrogens is 2. The van der Waals surface area contributed by atoms with Crippen LogP contribution in [0, 0.1) is 0 Å². The third-order valence-corrected chi connectivity index (χ3v) is 6.13. The molecule has 0 radical (unpaired) electrons. The van der Waals surface area contributed by atoms with Crippen molar-refractivity contribution in [2.24, 2.45) is 0 Å². The van der Waals surface area contributed by atoms with E-state index >= 15 is 0 Å². The molecule has 0 saturated carbocycles. The number of carbonyl (C=O) groups is 1. The summed E-state index contributed by atoms with van der Waals surface area (Å²) in [5.74, 6) is 0.950. The maximum Gasteiger partial charge on any atom is 0.329 e. The number of aryl methyl sites for hydroxylation is 2. The van der Waals surface area contributed by atoms with E-state index in [-0.39, 0.29) is 5.82 Å². The number of rotatable bonds is 9. The van der Waals surface area contributed by atoms with Crippen molar-refractivity contribution in [2.75, 3.05) is 21.3 Å². The molecule has 4 N–H and O–H groups in total. The van der Waals surface area contributed by atoms with Crippen LogP contribution in [0.5, 0.6) is 28.7 Å². The number of nitrogens with zero attached hydrogens (tertiary/aromatic N) is 2. The predicted molar refractivity (Wildman–Crippen MR) is 126 cm³/mol. The Bertz CT molecular complexity index is 1220. The lowest BCUT2D eigenvalue weighted by Crippen LogP contribution is -2.47. The van der Waals surface area contributed by atoms with Gasteiger partial charge in [-0.05, 0) is 36.6 Å². The fourth-order valence-electron chi connectivity index (χ4n) is 4.34. The standard InChI is InChI=1S/C25H28N2O9/c1-33-15-7-5-8-16(34-2)23(15)36-17-9-4-6-13(22(17)35-3)10-11-14-12-27-18(25(31)32)19(28)20(29)21(30)24(27)26-14/h4-9,12,18-21,28-30H,10-11H2,1-3H3,(H,31,32)/t18-,19+,20-,21+/m0/s1. The first kappa shape index (κ1) is 25.3. The van der Waals surface area contributed by atoms with Gasteiger partial charge in [-0.1, -0.05) is 18.2 Å². The quantitative estimate of drug-likeness (QED) is 0.343. The average Bonchev–Trinajstić information content (AvgIpc) is 3.29. The molecule has 4 rings (SSSR count). The van der Waals surface area contributed by atoms with Gasteiger partial charge in [0.2, 0.25) is 5.75 Å². The van der Waals surface area contributed by atoms with Gasteiger partial charge in [-0.15, -0.1) is 0 Å². The number of aliphatic carboxylic acids is 1. The van der Waals surface area contributed by atoms with Crippen molar-refractivity contribution in [1.29, 1.82) is 0 Å². The summed E-state index contributed by atoms with van der Waals surface area (Å²) in [5.41, 5.74) is 1.28. The van der Waals surface area contributed by atoms with E-state index in [0.29, 0.717) is 47.3 Å². The highest BCUT2D eigenvalue weighted by Crippen LogP contribution is 2.43. The molecule has 36 heavy (non-hydrogen) atoms. The lowest BCUT2D eigenvalue weighted by Gasteiger charge is -2.33. The van der Waals surface area contributed by atoms with Gasteiger partial charge in [0.15, 0.2) is 29.0 Å². The summed E-state index contributed by atoms with van der Waals surface area (Å²) < 4.78 is 23.8. The Morgan fingerprint density at radius 1 is 0.889 bits per heavy atom. The molecule has 11 nitrogen and oxygen atoms in total. The predicted octanol–water partition coefficient (Wildman–Crippen LogP) is 1.88. The van der Waals surface area contributed by atoms with Crippen molar-refractivity contribution in [3.05, 3.63) is 59.7 Å². The van der Waals surface area contributed by atoms with Gasteiger partial charge < -0.3 is 43.9 Å². The fraction of sp³-hybridized carbons (Fsp3) is 0.360. The van der Waals surface area contributed by atoms with Crippen LogP contribution in [-0.2, 0) is 17.6 Å². The first-order valence-electron chi connectivity index (χ1n) is 11.2. The van der Waals surface area contributed by atoms with Gasteiger partial charge in [0.05, 0.1) is 27.0 Å². The maximum absolute atomic E-state index is 11.7. The summed E-state index contributed by atoms with van der Waals surface area (Å²) in [6.07, 6.45) is -2.56. The van der Waals surface area contributed by atoms with Crippen LogP contribution in [0.3, 0.4) is 0 Å². The van der Waals surface area contributed by atoms with Gasteiger partial charge in [0.25, 0.3) is 0 Å². The van der Waals surface area contributed by atoms with Gasteiger partial charge in [0.1, 0.15) is 24.1 Å². The fourth-order valence-corrected chi connectivity index (χ4v) is 4.34. The second-order valence-electron chi connectivity index (χ2n) is 8.25. The molecule has 1 aliphatic rings. The highest BCUT2D eigenvalue weighted by molar-refractivity contribution is 5.73. The van der Waals surface area contributed by atoms with Gasteiger partial charge in [0, 0.05) is 6.20 Å². The molecule has 1 aromatic heterocycles. The molecule has 0 fully saturated rings. The minimum atomic E-state index is -1.67. The number of carboxylic acids is 1. The summed E-state index contributed by atoms with van der Waals surface area (Å²) >= 11 is 0. The van der Waals surface area contributed by atoms with Crippen LogP contribution in [-0.4, -0.2) is 69.5 Å². The van der Waals surface area contributed by atoms with Crippen LogP contribution in [0.4, 0.5) is 0 Å². The zero-order valence-corrected chi connectivity index (χ0v) is 20.0. The van der Waals surface area contributed by atoms with E-state index in [0.717, 1.165) is 5.56 Å². The van der Waals surface area contributed by atoms with Gasteiger partial charge >= 0.3 is 5.97 Å². The number of para-hydroxylation sites is 2.